The van der Waals surface area contributed by atoms with E-state index in [1.807, 2.05) is 0 Å². The molecule has 2 atom stereocenters. The minimum atomic E-state index is -0.919. The van der Waals surface area contributed by atoms with Crippen molar-refractivity contribution in [2.75, 3.05) is 20.3 Å². The molecule has 0 aromatic rings. The van der Waals surface area contributed by atoms with E-state index >= 15 is 0 Å². The first-order valence-electron chi connectivity index (χ1n) is 5.65. The maximum atomic E-state index is 11.3. The summed E-state index contributed by atoms with van der Waals surface area (Å²) in [6, 6.07) is -0.919. The molecule has 0 aliphatic rings. The second-order valence-electron chi connectivity index (χ2n) is 3.87. The highest BCUT2D eigenvalue weighted by Crippen LogP contribution is 2.09. The van der Waals surface area contributed by atoms with Gasteiger partial charge in [-0.2, -0.15) is 0 Å². The standard InChI is InChI=1S/C11H20N2O5/c1-4-18-9(15)5-7(2)10(11(12)16)13-8(14)6-17-3/h7,10H,4-6H2,1-3H3,(H2,12,16)(H,13,14)/t7-,10-/m1/s1. The van der Waals surface area contributed by atoms with Crippen LogP contribution in [0.5, 0.6) is 0 Å². The van der Waals surface area contributed by atoms with E-state index in [4.69, 9.17) is 10.5 Å². The minimum absolute atomic E-state index is 0.00864. The van der Waals surface area contributed by atoms with E-state index in [1.54, 1.807) is 13.8 Å². The normalized spacial score (nSPS) is 13.5. The number of hydrogen-bond acceptors (Lipinski definition) is 5. The highest BCUT2D eigenvalue weighted by atomic mass is 16.5. The van der Waals surface area contributed by atoms with Crippen LogP contribution in [0.3, 0.4) is 0 Å². The van der Waals surface area contributed by atoms with Crippen LogP contribution in [0, 0.1) is 5.92 Å². The molecule has 0 aromatic heterocycles. The third-order valence-corrected chi connectivity index (χ3v) is 2.26. The zero-order chi connectivity index (χ0) is 14.1. The molecule has 0 spiro atoms. The van der Waals surface area contributed by atoms with E-state index < -0.39 is 29.7 Å². The molecule has 0 heterocycles. The average molecular weight is 260 g/mol. The van der Waals surface area contributed by atoms with Crippen LogP contribution in [0.25, 0.3) is 0 Å². The summed E-state index contributed by atoms with van der Waals surface area (Å²) in [7, 11) is 1.36. The molecule has 0 radical (unpaired) electrons. The van der Waals surface area contributed by atoms with Gasteiger partial charge in [0, 0.05) is 7.11 Å². The molecule has 0 saturated carbocycles. The number of ether oxygens (including phenoxy) is 2. The Labute approximate surface area is 106 Å². The Hall–Kier alpha value is -1.63. The second kappa shape index (κ2) is 8.46. The molecular weight excluding hydrogens is 240 g/mol. The van der Waals surface area contributed by atoms with Gasteiger partial charge in [-0.15, -0.1) is 0 Å². The lowest BCUT2D eigenvalue weighted by molar-refractivity contribution is -0.145. The number of methoxy groups -OCH3 is 1. The quantitative estimate of drug-likeness (QED) is 0.555. The maximum Gasteiger partial charge on any atom is 0.306 e. The molecule has 0 saturated heterocycles. The molecule has 0 fully saturated rings. The van der Waals surface area contributed by atoms with Crippen molar-refractivity contribution >= 4 is 17.8 Å². The summed E-state index contributed by atoms with van der Waals surface area (Å²) in [4.78, 5) is 33.8. The first-order valence-corrected chi connectivity index (χ1v) is 5.65. The van der Waals surface area contributed by atoms with Crippen molar-refractivity contribution in [2.45, 2.75) is 26.3 Å². The maximum absolute atomic E-state index is 11.3. The fourth-order valence-electron chi connectivity index (χ4n) is 1.44. The molecule has 0 aliphatic heterocycles. The van der Waals surface area contributed by atoms with Gasteiger partial charge in [-0.1, -0.05) is 6.92 Å². The first-order chi connectivity index (χ1) is 8.42. The predicted octanol–water partition coefficient (Wildman–Crippen LogP) is -0.808. The largest absolute Gasteiger partial charge is 0.466 e. The summed E-state index contributed by atoms with van der Waals surface area (Å²) in [6.45, 7) is 3.42. The monoisotopic (exact) mass is 260 g/mol. The van der Waals surface area contributed by atoms with Crippen molar-refractivity contribution in [1.82, 2.24) is 5.32 Å². The lowest BCUT2D eigenvalue weighted by atomic mass is 9.97. The van der Waals surface area contributed by atoms with Crippen LogP contribution >= 0.6 is 0 Å². The minimum Gasteiger partial charge on any atom is -0.466 e. The highest BCUT2D eigenvalue weighted by Gasteiger charge is 2.26. The van der Waals surface area contributed by atoms with Crippen molar-refractivity contribution in [1.29, 1.82) is 0 Å². The number of carbonyl (C=O) groups is 3. The molecule has 0 bridgehead atoms. The number of hydrogen-bond donors (Lipinski definition) is 2. The fourth-order valence-corrected chi connectivity index (χ4v) is 1.44. The smallest absolute Gasteiger partial charge is 0.306 e. The van der Waals surface area contributed by atoms with Crippen molar-refractivity contribution in [3.05, 3.63) is 0 Å². The average Bonchev–Trinajstić information content (AvgIpc) is 2.25. The van der Waals surface area contributed by atoms with Gasteiger partial charge in [-0.05, 0) is 12.8 Å². The Morgan fingerprint density at radius 2 is 1.94 bits per heavy atom. The third-order valence-electron chi connectivity index (χ3n) is 2.26. The number of amides is 2. The van der Waals surface area contributed by atoms with Crippen molar-refractivity contribution in [3.8, 4) is 0 Å². The molecular formula is C11H20N2O5. The van der Waals surface area contributed by atoms with E-state index in [1.165, 1.54) is 7.11 Å². The molecule has 3 N–H and O–H groups in total. The SMILES string of the molecule is CCOC(=O)C[C@@H](C)[C@@H](NC(=O)COC)C(N)=O. The van der Waals surface area contributed by atoms with Gasteiger partial charge in [-0.3, -0.25) is 14.4 Å². The Kier molecular flexibility index (Phi) is 7.69. The second-order valence-corrected chi connectivity index (χ2v) is 3.87. The summed E-state index contributed by atoms with van der Waals surface area (Å²) in [6.07, 6.45) is 0.00864. The third kappa shape index (κ3) is 6.19. The van der Waals surface area contributed by atoms with Crippen LogP contribution in [0.15, 0.2) is 0 Å². The summed E-state index contributed by atoms with van der Waals surface area (Å²) in [5.74, 6) is -2.03. The number of nitrogens with two attached hydrogens (primary N) is 1. The number of esters is 1. The zero-order valence-electron chi connectivity index (χ0n) is 10.9. The summed E-state index contributed by atoms with van der Waals surface area (Å²) >= 11 is 0. The molecule has 0 aromatic carbocycles. The fraction of sp³-hybridized carbons (Fsp3) is 0.727. The highest BCUT2D eigenvalue weighted by molar-refractivity contribution is 5.87. The molecule has 104 valence electrons. The molecule has 7 nitrogen and oxygen atoms in total. The Bertz CT molecular complexity index is 306. The van der Waals surface area contributed by atoms with E-state index in [2.05, 4.69) is 10.1 Å². The van der Waals surface area contributed by atoms with Crippen molar-refractivity contribution in [2.24, 2.45) is 11.7 Å². The van der Waals surface area contributed by atoms with Gasteiger partial charge in [-0.25, -0.2) is 0 Å². The van der Waals surface area contributed by atoms with E-state index in [0.717, 1.165) is 0 Å². The first kappa shape index (κ1) is 16.4. The van der Waals surface area contributed by atoms with Crippen LogP contribution in [-0.2, 0) is 23.9 Å². The lowest BCUT2D eigenvalue weighted by Crippen LogP contribution is -2.49. The lowest BCUT2D eigenvalue weighted by Gasteiger charge is -2.21. The van der Waals surface area contributed by atoms with Gasteiger partial charge in [0.2, 0.25) is 11.8 Å². The van der Waals surface area contributed by atoms with Crippen LogP contribution in [0.1, 0.15) is 20.3 Å². The van der Waals surface area contributed by atoms with Gasteiger partial charge in [0.1, 0.15) is 12.6 Å². The van der Waals surface area contributed by atoms with Crippen LogP contribution < -0.4 is 11.1 Å². The van der Waals surface area contributed by atoms with E-state index in [-0.39, 0.29) is 19.6 Å². The summed E-state index contributed by atoms with van der Waals surface area (Å²) in [5, 5.41) is 2.42. The van der Waals surface area contributed by atoms with E-state index in [9.17, 15) is 14.4 Å². The Morgan fingerprint density at radius 1 is 1.33 bits per heavy atom. The van der Waals surface area contributed by atoms with Gasteiger partial charge in [0.05, 0.1) is 13.0 Å². The molecule has 0 rings (SSSR count). The van der Waals surface area contributed by atoms with Crippen LogP contribution in [0.4, 0.5) is 0 Å². The Morgan fingerprint density at radius 3 is 2.39 bits per heavy atom. The van der Waals surface area contributed by atoms with E-state index in [0.29, 0.717) is 0 Å². The summed E-state index contributed by atoms with van der Waals surface area (Å²) < 4.78 is 9.39. The van der Waals surface area contributed by atoms with Crippen molar-refractivity contribution < 1.29 is 23.9 Å². The number of rotatable bonds is 8. The topological polar surface area (TPSA) is 108 Å². The van der Waals surface area contributed by atoms with Gasteiger partial charge in [0.25, 0.3) is 0 Å². The van der Waals surface area contributed by atoms with Gasteiger partial charge in [0.15, 0.2) is 0 Å². The number of nitrogens with one attached hydrogen (secondary N) is 1. The molecule has 0 unspecified atom stereocenters. The molecule has 0 aliphatic carbocycles. The number of carbonyl (C=O) groups excluding carboxylic acids is 3. The number of primary amides is 1. The van der Waals surface area contributed by atoms with Gasteiger partial charge >= 0.3 is 5.97 Å². The zero-order valence-corrected chi connectivity index (χ0v) is 10.9. The Balaban J connectivity index is 4.45. The summed E-state index contributed by atoms with van der Waals surface area (Å²) in [5.41, 5.74) is 5.19. The van der Waals surface area contributed by atoms with Gasteiger partial charge < -0.3 is 20.5 Å². The van der Waals surface area contributed by atoms with Crippen molar-refractivity contribution in [3.63, 3.8) is 0 Å². The predicted molar refractivity (Wildman–Crippen MR) is 63.4 cm³/mol. The molecule has 7 heteroatoms. The molecule has 2 amide bonds. The van der Waals surface area contributed by atoms with Crippen LogP contribution in [0.2, 0.25) is 0 Å². The molecule has 18 heavy (non-hydrogen) atoms. The van der Waals surface area contributed by atoms with Crippen LogP contribution in [-0.4, -0.2) is 44.1 Å².